The van der Waals surface area contributed by atoms with Gasteiger partial charge in [-0.05, 0) is 65.1 Å². The van der Waals surface area contributed by atoms with Crippen molar-refractivity contribution in [1.82, 2.24) is 19.4 Å². The molecule has 0 amide bonds. The summed E-state index contributed by atoms with van der Waals surface area (Å²) < 4.78 is 2.24. The second kappa shape index (κ2) is 4.93. The van der Waals surface area contributed by atoms with E-state index in [2.05, 4.69) is 62.9 Å². The van der Waals surface area contributed by atoms with Crippen molar-refractivity contribution < 1.29 is 0 Å². The maximum Gasteiger partial charge on any atom is 0.148 e. The summed E-state index contributed by atoms with van der Waals surface area (Å²) in [6.45, 7) is 0. The molecule has 2 aromatic carbocycles. The molecule has 6 aromatic rings. The Bertz CT molecular complexity index is 1590. The van der Waals surface area contributed by atoms with Gasteiger partial charge >= 0.3 is 0 Å². The molecule has 4 nitrogen and oxygen atoms in total. The molecule has 0 unspecified atom stereocenters. The highest BCUT2D eigenvalue weighted by atomic mass is 15.0. The van der Waals surface area contributed by atoms with Crippen molar-refractivity contribution in [2.24, 2.45) is 0 Å². The topological polar surface area (TPSA) is 43.1 Å². The van der Waals surface area contributed by atoms with E-state index in [0.717, 1.165) is 45.0 Å². The number of nitrogens with zero attached hydrogens (tertiary/aromatic N) is 4. The second-order valence-electron chi connectivity index (χ2n) is 7.37. The van der Waals surface area contributed by atoms with Gasteiger partial charge in [0, 0.05) is 17.8 Å². The fourth-order valence-electron chi connectivity index (χ4n) is 4.66. The molecular weight excluding hydrogens is 344 g/mol. The molecule has 1 aliphatic rings. The highest BCUT2D eigenvalue weighted by Gasteiger charge is 2.21. The summed E-state index contributed by atoms with van der Waals surface area (Å²) in [4.78, 5) is 14.3. The summed E-state index contributed by atoms with van der Waals surface area (Å²) in [5.74, 6) is 0. The molecule has 0 saturated carbocycles. The fourth-order valence-corrected chi connectivity index (χ4v) is 4.66. The van der Waals surface area contributed by atoms with Crippen LogP contribution in [0.2, 0.25) is 0 Å². The lowest BCUT2D eigenvalue weighted by Gasteiger charge is -2.07. The van der Waals surface area contributed by atoms with E-state index >= 15 is 0 Å². The molecule has 0 spiro atoms. The third-order valence-corrected chi connectivity index (χ3v) is 5.87. The minimum absolute atomic E-state index is 0.902. The lowest BCUT2D eigenvalue weighted by atomic mass is 10.1. The molecule has 0 N–H and O–H groups in total. The number of benzene rings is 2. The first-order chi connectivity index (χ1) is 13.9. The van der Waals surface area contributed by atoms with E-state index in [0.29, 0.717) is 0 Å². The van der Waals surface area contributed by atoms with Crippen LogP contribution in [0.15, 0.2) is 73.1 Å². The van der Waals surface area contributed by atoms with Gasteiger partial charge in [0.25, 0.3) is 0 Å². The number of imidazole rings is 1. The van der Waals surface area contributed by atoms with E-state index in [9.17, 15) is 0 Å². The quantitative estimate of drug-likeness (QED) is 0.352. The first-order valence-corrected chi connectivity index (χ1v) is 9.43. The van der Waals surface area contributed by atoms with Crippen LogP contribution in [-0.4, -0.2) is 19.4 Å². The maximum absolute atomic E-state index is 5.04. The Labute approximate surface area is 160 Å². The van der Waals surface area contributed by atoms with Crippen molar-refractivity contribution in [1.29, 1.82) is 0 Å². The van der Waals surface area contributed by atoms with Crippen molar-refractivity contribution in [2.45, 2.75) is 6.42 Å². The molecule has 4 aromatic heterocycles. The van der Waals surface area contributed by atoms with Gasteiger partial charge < -0.3 is 0 Å². The van der Waals surface area contributed by atoms with Crippen molar-refractivity contribution in [3.8, 4) is 11.1 Å². The van der Waals surface area contributed by atoms with E-state index in [1.807, 2.05) is 24.5 Å². The van der Waals surface area contributed by atoms with E-state index in [4.69, 9.17) is 4.98 Å². The monoisotopic (exact) mass is 358 g/mol. The molecule has 0 radical (unpaired) electrons. The largest absolute Gasteiger partial charge is 0.290 e. The van der Waals surface area contributed by atoms with Gasteiger partial charge in [-0.15, -0.1) is 0 Å². The predicted octanol–water partition coefficient (Wildman–Crippen LogP) is 5.16. The van der Waals surface area contributed by atoms with E-state index in [1.54, 1.807) is 0 Å². The minimum Gasteiger partial charge on any atom is -0.290 e. The van der Waals surface area contributed by atoms with Crippen molar-refractivity contribution >= 4 is 38.6 Å². The van der Waals surface area contributed by atoms with E-state index in [1.165, 1.54) is 22.3 Å². The summed E-state index contributed by atoms with van der Waals surface area (Å²) in [6, 6.07) is 21.3. The first kappa shape index (κ1) is 14.3. The molecular formula is C24H14N4. The zero-order valence-corrected chi connectivity index (χ0v) is 14.9. The Morgan fingerprint density at radius 1 is 0.714 bits per heavy atom. The van der Waals surface area contributed by atoms with Crippen molar-refractivity contribution in [3.05, 3.63) is 84.2 Å². The van der Waals surface area contributed by atoms with E-state index in [-0.39, 0.29) is 0 Å². The SMILES string of the molecule is c1ccc2c(c1)Cc1cc3c(cc1-2)nc1c2cccnc2c2ncccc2n31. The zero-order valence-electron chi connectivity index (χ0n) is 14.9. The van der Waals surface area contributed by atoms with Crippen LogP contribution < -0.4 is 0 Å². The minimum atomic E-state index is 0.902. The van der Waals surface area contributed by atoms with Gasteiger partial charge in [0.05, 0.1) is 16.6 Å². The number of hydrogen-bond acceptors (Lipinski definition) is 3. The lowest BCUT2D eigenvalue weighted by molar-refractivity contribution is 1.25. The summed E-state index contributed by atoms with van der Waals surface area (Å²) in [7, 11) is 0. The van der Waals surface area contributed by atoms with Gasteiger partial charge in [-0.2, -0.15) is 0 Å². The van der Waals surface area contributed by atoms with Crippen LogP contribution in [0.4, 0.5) is 0 Å². The van der Waals surface area contributed by atoms with Crippen LogP contribution in [0.25, 0.3) is 49.7 Å². The third kappa shape index (κ3) is 1.68. The Hall–Kier alpha value is -3.79. The average molecular weight is 358 g/mol. The molecule has 0 bridgehead atoms. The van der Waals surface area contributed by atoms with Gasteiger partial charge in [0.15, 0.2) is 0 Å². The molecule has 4 heteroatoms. The van der Waals surface area contributed by atoms with Gasteiger partial charge in [-0.1, -0.05) is 24.3 Å². The van der Waals surface area contributed by atoms with Crippen LogP contribution >= 0.6 is 0 Å². The third-order valence-electron chi connectivity index (χ3n) is 5.87. The molecule has 4 heterocycles. The normalized spacial score (nSPS) is 12.9. The molecule has 0 fully saturated rings. The molecule has 130 valence electrons. The maximum atomic E-state index is 5.04. The molecule has 7 rings (SSSR count). The van der Waals surface area contributed by atoms with Gasteiger partial charge in [0.1, 0.15) is 16.7 Å². The number of pyridine rings is 3. The van der Waals surface area contributed by atoms with Gasteiger partial charge in [0.2, 0.25) is 0 Å². The second-order valence-corrected chi connectivity index (χ2v) is 7.37. The Morgan fingerprint density at radius 2 is 1.57 bits per heavy atom. The molecule has 0 saturated heterocycles. The number of fused-ring (bicyclic) bond motifs is 11. The molecule has 0 aliphatic heterocycles. The molecule has 0 atom stereocenters. The summed E-state index contributed by atoms with van der Waals surface area (Å²) in [5.41, 5.74) is 11.3. The molecule has 1 aliphatic carbocycles. The summed E-state index contributed by atoms with van der Waals surface area (Å²) >= 11 is 0. The summed E-state index contributed by atoms with van der Waals surface area (Å²) in [6.07, 6.45) is 4.62. The Kier molecular flexibility index (Phi) is 2.51. The van der Waals surface area contributed by atoms with Crippen LogP contribution in [0.5, 0.6) is 0 Å². The van der Waals surface area contributed by atoms with Crippen LogP contribution in [0.1, 0.15) is 11.1 Å². The number of hydrogen-bond donors (Lipinski definition) is 0. The first-order valence-electron chi connectivity index (χ1n) is 9.43. The number of rotatable bonds is 0. The molecule has 28 heavy (non-hydrogen) atoms. The average Bonchev–Trinajstić information content (AvgIpc) is 3.30. The smallest absolute Gasteiger partial charge is 0.148 e. The zero-order chi connectivity index (χ0) is 18.2. The lowest BCUT2D eigenvalue weighted by Crippen LogP contribution is -1.94. The highest BCUT2D eigenvalue weighted by molar-refractivity contribution is 6.10. The van der Waals surface area contributed by atoms with Crippen LogP contribution in [-0.2, 0) is 6.42 Å². The van der Waals surface area contributed by atoms with Crippen molar-refractivity contribution in [2.75, 3.05) is 0 Å². The van der Waals surface area contributed by atoms with Crippen LogP contribution in [0, 0.1) is 0 Å². The predicted molar refractivity (Wildman–Crippen MR) is 112 cm³/mol. The highest BCUT2D eigenvalue weighted by Crippen LogP contribution is 2.40. The van der Waals surface area contributed by atoms with Gasteiger partial charge in [-0.3, -0.25) is 14.4 Å². The van der Waals surface area contributed by atoms with Crippen molar-refractivity contribution in [3.63, 3.8) is 0 Å². The fraction of sp³-hybridized carbons (Fsp3) is 0.0417. The van der Waals surface area contributed by atoms with E-state index < -0.39 is 0 Å². The standard InChI is InChI=1S/C24H14N4/c1-2-6-16-14(5-1)11-15-12-21-19(13-18(15)16)27-24-17-7-3-9-25-22(17)23-20(28(21)24)8-4-10-26-23/h1-10,12-13H,11H2. The Morgan fingerprint density at radius 3 is 2.54 bits per heavy atom. The van der Waals surface area contributed by atoms with Crippen LogP contribution in [0.3, 0.4) is 0 Å². The Balaban J connectivity index is 1.70. The van der Waals surface area contributed by atoms with Gasteiger partial charge in [-0.25, -0.2) is 4.98 Å². The number of aromatic nitrogens is 4. The summed E-state index contributed by atoms with van der Waals surface area (Å²) in [5, 5.41) is 1.03.